The number of nitrogens with two attached hydrogens (primary N) is 1. The molecule has 0 heterocycles. The summed E-state index contributed by atoms with van der Waals surface area (Å²) in [6, 6.07) is 14.6. The van der Waals surface area contributed by atoms with Crippen molar-refractivity contribution in [2.45, 2.75) is 13.8 Å². The van der Waals surface area contributed by atoms with Gasteiger partial charge in [0.1, 0.15) is 0 Å². The van der Waals surface area contributed by atoms with Crippen LogP contribution in [0.1, 0.15) is 25.0 Å². The van der Waals surface area contributed by atoms with Gasteiger partial charge in [-0.1, -0.05) is 49.1 Å². The van der Waals surface area contributed by atoms with E-state index in [2.05, 4.69) is 62.1 Å². The van der Waals surface area contributed by atoms with Crippen LogP contribution in [0.4, 0.5) is 5.69 Å². The first kappa shape index (κ1) is 13.4. The molecule has 0 saturated carbocycles. The van der Waals surface area contributed by atoms with E-state index < -0.39 is 0 Å². The molecule has 0 saturated heterocycles. The molecule has 3 rings (SSSR count). The molecule has 0 amide bonds. The number of nitrogen functional groups attached to an aromatic ring is 1. The third-order valence-electron chi connectivity index (χ3n) is 3.85. The Hall–Kier alpha value is -2.54. The van der Waals surface area contributed by atoms with Gasteiger partial charge in [-0.3, -0.25) is 0 Å². The first-order valence-corrected chi connectivity index (χ1v) is 7.16. The summed E-state index contributed by atoms with van der Waals surface area (Å²) in [5, 5.41) is 4.91. The molecule has 21 heavy (non-hydrogen) atoms. The number of rotatable bonds is 2. The number of allylic oxidation sites excluding steroid dienone is 2. The molecule has 3 aromatic rings. The molecule has 0 aliphatic heterocycles. The lowest BCUT2D eigenvalue weighted by molar-refractivity contribution is 1.62. The Labute approximate surface area is 125 Å². The van der Waals surface area contributed by atoms with E-state index in [0.717, 1.165) is 11.3 Å². The van der Waals surface area contributed by atoms with E-state index in [1.807, 2.05) is 13.0 Å². The Morgan fingerprint density at radius 1 is 1.00 bits per heavy atom. The van der Waals surface area contributed by atoms with E-state index in [1.54, 1.807) is 0 Å². The fourth-order valence-electron chi connectivity index (χ4n) is 3.03. The second kappa shape index (κ2) is 5.10. The lowest BCUT2D eigenvalue weighted by Crippen LogP contribution is -1.93. The van der Waals surface area contributed by atoms with Crippen molar-refractivity contribution in [3.8, 4) is 0 Å². The maximum Gasteiger partial charge on any atom is 0.0320 e. The molecule has 0 aliphatic carbocycles. The van der Waals surface area contributed by atoms with E-state index >= 15 is 0 Å². The van der Waals surface area contributed by atoms with Crippen molar-refractivity contribution in [1.29, 1.82) is 0 Å². The maximum absolute atomic E-state index is 6.01. The molecule has 3 aromatic carbocycles. The van der Waals surface area contributed by atoms with Crippen LogP contribution < -0.4 is 5.73 Å². The Bertz CT molecular complexity index is 885. The van der Waals surface area contributed by atoms with Crippen LogP contribution in [0.2, 0.25) is 0 Å². The van der Waals surface area contributed by atoms with Gasteiger partial charge in [-0.05, 0) is 64.2 Å². The topological polar surface area (TPSA) is 26.0 Å². The minimum atomic E-state index is 0.788. The van der Waals surface area contributed by atoms with Crippen molar-refractivity contribution in [2.24, 2.45) is 0 Å². The summed E-state index contributed by atoms with van der Waals surface area (Å²) >= 11 is 0. The van der Waals surface area contributed by atoms with Gasteiger partial charge < -0.3 is 5.73 Å². The van der Waals surface area contributed by atoms with Gasteiger partial charge in [0.25, 0.3) is 0 Å². The zero-order valence-corrected chi connectivity index (χ0v) is 12.5. The van der Waals surface area contributed by atoms with Gasteiger partial charge in [0.15, 0.2) is 0 Å². The Kier molecular flexibility index (Phi) is 3.26. The van der Waals surface area contributed by atoms with Crippen molar-refractivity contribution in [3.63, 3.8) is 0 Å². The minimum Gasteiger partial charge on any atom is -0.399 e. The molecule has 0 aromatic heterocycles. The van der Waals surface area contributed by atoms with Crippen molar-refractivity contribution in [2.75, 3.05) is 5.73 Å². The van der Waals surface area contributed by atoms with Gasteiger partial charge in [0.05, 0.1) is 0 Å². The summed E-state index contributed by atoms with van der Waals surface area (Å²) in [7, 11) is 0. The Balaban J connectivity index is 2.66. The predicted molar refractivity (Wildman–Crippen MR) is 95.3 cm³/mol. The van der Waals surface area contributed by atoms with Crippen molar-refractivity contribution in [3.05, 3.63) is 66.2 Å². The van der Waals surface area contributed by atoms with Gasteiger partial charge in [0.2, 0.25) is 0 Å². The van der Waals surface area contributed by atoms with Gasteiger partial charge >= 0.3 is 0 Å². The Morgan fingerprint density at radius 3 is 2.33 bits per heavy atom. The predicted octanol–water partition coefficient (Wildman–Crippen LogP) is 5.64. The molecular weight excluding hydrogens is 254 g/mol. The summed E-state index contributed by atoms with van der Waals surface area (Å²) in [5.74, 6) is 0. The molecule has 1 heteroatoms. The first-order chi connectivity index (χ1) is 10.1. The molecule has 0 bridgehead atoms. The van der Waals surface area contributed by atoms with Crippen LogP contribution in [-0.2, 0) is 0 Å². The third-order valence-corrected chi connectivity index (χ3v) is 3.85. The second-order valence-electron chi connectivity index (χ2n) is 5.42. The first-order valence-electron chi connectivity index (χ1n) is 7.16. The van der Waals surface area contributed by atoms with Crippen LogP contribution in [0.5, 0.6) is 0 Å². The summed E-state index contributed by atoms with van der Waals surface area (Å²) < 4.78 is 0. The summed E-state index contributed by atoms with van der Waals surface area (Å²) in [4.78, 5) is 0. The molecule has 0 radical (unpaired) electrons. The lowest BCUT2D eigenvalue weighted by atomic mass is 9.88. The number of hydrogen-bond donors (Lipinski definition) is 1. The molecular formula is C20H19N. The smallest absolute Gasteiger partial charge is 0.0320 e. The average Bonchev–Trinajstić information content (AvgIpc) is 2.47. The van der Waals surface area contributed by atoms with Crippen LogP contribution in [0.25, 0.3) is 33.2 Å². The summed E-state index contributed by atoms with van der Waals surface area (Å²) in [6.45, 7) is 8.28. The van der Waals surface area contributed by atoms with E-state index in [-0.39, 0.29) is 0 Å². The van der Waals surface area contributed by atoms with Gasteiger partial charge in [-0.15, -0.1) is 0 Å². The number of anilines is 1. The fraction of sp³-hybridized carbons (Fsp3) is 0.100. The quantitative estimate of drug-likeness (QED) is 0.474. The van der Waals surface area contributed by atoms with Gasteiger partial charge in [-0.2, -0.15) is 0 Å². The average molecular weight is 273 g/mol. The summed E-state index contributed by atoms with van der Waals surface area (Å²) in [5.41, 5.74) is 10.3. The van der Waals surface area contributed by atoms with Crippen LogP contribution in [0, 0.1) is 0 Å². The van der Waals surface area contributed by atoms with Gasteiger partial charge in [0, 0.05) is 5.69 Å². The van der Waals surface area contributed by atoms with Crippen molar-refractivity contribution >= 4 is 38.9 Å². The van der Waals surface area contributed by atoms with Crippen molar-refractivity contribution < 1.29 is 0 Å². The van der Waals surface area contributed by atoms with E-state index in [4.69, 9.17) is 5.73 Å². The van der Waals surface area contributed by atoms with E-state index in [1.165, 1.54) is 32.7 Å². The molecule has 0 aliphatic rings. The molecule has 1 nitrogen and oxygen atoms in total. The van der Waals surface area contributed by atoms with Crippen LogP contribution in [-0.4, -0.2) is 0 Å². The number of fused-ring (bicyclic) bond motifs is 3. The molecule has 0 atom stereocenters. The third kappa shape index (κ3) is 2.11. The number of benzene rings is 3. The number of hydrogen-bond acceptors (Lipinski definition) is 1. The molecule has 0 fully saturated rings. The normalized spacial score (nSPS) is 11.5. The van der Waals surface area contributed by atoms with Crippen LogP contribution >= 0.6 is 0 Å². The monoisotopic (exact) mass is 273 g/mol. The summed E-state index contributed by atoms with van der Waals surface area (Å²) in [6.07, 6.45) is 4.22. The highest BCUT2D eigenvalue weighted by Gasteiger charge is 2.13. The highest BCUT2D eigenvalue weighted by molar-refractivity contribution is 6.16. The van der Waals surface area contributed by atoms with Crippen LogP contribution in [0.15, 0.2) is 55.1 Å². The molecule has 0 spiro atoms. The maximum atomic E-state index is 6.01. The molecule has 2 N–H and O–H groups in total. The Morgan fingerprint density at radius 2 is 1.67 bits per heavy atom. The standard InChI is InChI=1S/C20H19N/c1-4-7-17-19-12-14(21)10-11-16(19)15-8-5-6-9-18(15)20(17)13(2)3/h4-12H,2,21H2,1,3H3/b7-4-. The van der Waals surface area contributed by atoms with Gasteiger partial charge in [-0.25, -0.2) is 0 Å². The fourth-order valence-corrected chi connectivity index (χ4v) is 3.03. The largest absolute Gasteiger partial charge is 0.399 e. The van der Waals surface area contributed by atoms with Crippen molar-refractivity contribution in [1.82, 2.24) is 0 Å². The zero-order chi connectivity index (χ0) is 15.0. The minimum absolute atomic E-state index is 0.788. The SMILES string of the molecule is C=C(C)c1c(/C=C\C)c2cc(N)ccc2c2ccccc12. The molecule has 104 valence electrons. The molecule has 0 unspecified atom stereocenters. The highest BCUT2D eigenvalue weighted by Crippen LogP contribution is 2.37. The zero-order valence-electron chi connectivity index (χ0n) is 12.5. The van der Waals surface area contributed by atoms with Crippen LogP contribution in [0.3, 0.4) is 0 Å². The van der Waals surface area contributed by atoms with E-state index in [9.17, 15) is 0 Å². The second-order valence-corrected chi connectivity index (χ2v) is 5.42. The van der Waals surface area contributed by atoms with E-state index in [0.29, 0.717) is 0 Å². The highest BCUT2D eigenvalue weighted by atomic mass is 14.5. The lowest BCUT2D eigenvalue weighted by Gasteiger charge is -2.16.